The first-order chi connectivity index (χ1) is 16.2. The number of amides is 2. The molecule has 2 atom stereocenters. The van der Waals surface area contributed by atoms with E-state index in [1.54, 1.807) is 37.3 Å². The Hall–Kier alpha value is -2.55. The second kappa shape index (κ2) is 11.7. The van der Waals surface area contributed by atoms with E-state index in [0.29, 0.717) is 38.8 Å². The Bertz CT molecular complexity index is 1150. The number of anilines is 1. The number of nitrogens with one attached hydrogen (secondary N) is 2. The molecule has 1 heterocycles. The first kappa shape index (κ1) is 26.1. The van der Waals surface area contributed by atoms with E-state index in [-0.39, 0.29) is 23.8 Å². The first-order valence-electron chi connectivity index (χ1n) is 10.9. The zero-order valence-corrected chi connectivity index (χ0v) is 21.7. The normalized spacial score (nSPS) is 12.9. The van der Waals surface area contributed by atoms with Gasteiger partial charge in [-0.1, -0.05) is 67.0 Å². The van der Waals surface area contributed by atoms with Crippen molar-refractivity contribution < 1.29 is 9.59 Å². The van der Waals surface area contributed by atoms with Crippen molar-refractivity contribution in [2.45, 2.75) is 50.7 Å². The average molecular weight is 520 g/mol. The van der Waals surface area contributed by atoms with Crippen LogP contribution in [0.25, 0.3) is 0 Å². The molecule has 2 aromatic carbocycles. The summed E-state index contributed by atoms with van der Waals surface area (Å²) in [6.07, 6.45) is 0. The van der Waals surface area contributed by atoms with Crippen LogP contribution in [0.3, 0.4) is 0 Å². The van der Waals surface area contributed by atoms with Crippen LogP contribution in [-0.4, -0.2) is 31.8 Å². The van der Waals surface area contributed by atoms with Crippen LogP contribution in [0.5, 0.6) is 0 Å². The fraction of sp³-hybridized carbons (Fsp3) is 0.333. The predicted molar refractivity (Wildman–Crippen MR) is 138 cm³/mol. The Morgan fingerprint density at radius 2 is 1.76 bits per heavy atom. The molecular formula is C24H27Cl2N5O2S. The highest BCUT2D eigenvalue weighted by Crippen LogP contribution is 2.30. The second-order valence-electron chi connectivity index (χ2n) is 8.02. The van der Waals surface area contributed by atoms with Crippen LogP contribution >= 0.6 is 35.0 Å². The molecule has 2 amide bonds. The maximum atomic E-state index is 12.8. The molecule has 0 radical (unpaired) electrons. The molecule has 0 aliphatic rings. The average Bonchev–Trinajstić information content (AvgIpc) is 3.21. The molecule has 3 rings (SSSR count). The molecule has 34 heavy (non-hydrogen) atoms. The minimum Gasteiger partial charge on any atom is -0.342 e. The third-order valence-electron chi connectivity index (χ3n) is 5.17. The summed E-state index contributed by atoms with van der Waals surface area (Å²) in [6.45, 7) is 8.38. The zero-order chi connectivity index (χ0) is 24.8. The lowest BCUT2D eigenvalue weighted by molar-refractivity contribution is -0.115. The Balaban J connectivity index is 1.77. The Kier molecular flexibility index (Phi) is 8.99. The van der Waals surface area contributed by atoms with E-state index in [4.69, 9.17) is 23.2 Å². The second-order valence-corrected chi connectivity index (χ2v) is 10.2. The third kappa shape index (κ3) is 6.31. The molecule has 3 aromatic rings. The SMILES string of the molecule is CCn1c(SC(C)C(=O)Nc2cc(Cl)ccc2Cl)nnc1C(NC(=O)c1ccccc1)C(C)C. The van der Waals surface area contributed by atoms with Crippen molar-refractivity contribution in [2.24, 2.45) is 5.92 Å². The van der Waals surface area contributed by atoms with Gasteiger partial charge in [0.05, 0.1) is 22.0 Å². The van der Waals surface area contributed by atoms with Crippen molar-refractivity contribution in [1.82, 2.24) is 20.1 Å². The first-order valence-corrected chi connectivity index (χ1v) is 12.6. The number of nitrogens with zero attached hydrogens (tertiary/aromatic N) is 3. The quantitative estimate of drug-likeness (QED) is 0.346. The van der Waals surface area contributed by atoms with Crippen LogP contribution in [0.15, 0.2) is 53.7 Å². The number of hydrogen-bond acceptors (Lipinski definition) is 5. The summed E-state index contributed by atoms with van der Waals surface area (Å²) in [5.74, 6) is 0.310. The Morgan fingerprint density at radius 1 is 1.06 bits per heavy atom. The molecule has 180 valence electrons. The molecule has 0 saturated heterocycles. The van der Waals surface area contributed by atoms with Crippen LogP contribution in [0.2, 0.25) is 10.0 Å². The molecule has 1 aromatic heterocycles. The molecule has 2 unspecified atom stereocenters. The standard InChI is InChI=1S/C24H27Cl2N5O2S/c1-5-31-21(20(14(2)3)28-23(33)16-9-7-6-8-10-16)29-30-24(31)34-15(4)22(32)27-19-13-17(25)11-12-18(19)26/h6-15,20H,5H2,1-4H3,(H,27,32)(H,28,33). The number of rotatable bonds is 9. The molecule has 10 heteroatoms. The van der Waals surface area contributed by atoms with Crippen molar-refractivity contribution >= 4 is 52.5 Å². The summed E-state index contributed by atoms with van der Waals surface area (Å²) in [7, 11) is 0. The van der Waals surface area contributed by atoms with Gasteiger partial charge in [-0.05, 0) is 50.1 Å². The van der Waals surface area contributed by atoms with Crippen LogP contribution < -0.4 is 10.6 Å². The van der Waals surface area contributed by atoms with Crippen molar-refractivity contribution in [3.05, 3.63) is 70.0 Å². The smallest absolute Gasteiger partial charge is 0.251 e. The van der Waals surface area contributed by atoms with E-state index in [2.05, 4.69) is 20.8 Å². The highest BCUT2D eigenvalue weighted by atomic mass is 35.5. The molecule has 0 saturated carbocycles. The molecular weight excluding hydrogens is 493 g/mol. The topological polar surface area (TPSA) is 88.9 Å². The molecule has 0 spiro atoms. The van der Waals surface area contributed by atoms with Gasteiger partial charge in [-0.3, -0.25) is 9.59 Å². The largest absolute Gasteiger partial charge is 0.342 e. The lowest BCUT2D eigenvalue weighted by Crippen LogP contribution is -2.33. The van der Waals surface area contributed by atoms with Gasteiger partial charge in [0, 0.05) is 17.1 Å². The van der Waals surface area contributed by atoms with E-state index < -0.39 is 5.25 Å². The van der Waals surface area contributed by atoms with Gasteiger partial charge in [0.25, 0.3) is 5.91 Å². The number of aromatic nitrogens is 3. The number of thioether (sulfide) groups is 1. The summed E-state index contributed by atoms with van der Waals surface area (Å²) in [5, 5.41) is 15.6. The van der Waals surface area contributed by atoms with Gasteiger partial charge in [-0.25, -0.2) is 0 Å². The number of carbonyl (C=O) groups is 2. The van der Waals surface area contributed by atoms with Gasteiger partial charge >= 0.3 is 0 Å². The highest BCUT2D eigenvalue weighted by molar-refractivity contribution is 8.00. The highest BCUT2D eigenvalue weighted by Gasteiger charge is 2.27. The summed E-state index contributed by atoms with van der Waals surface area (Å²) in [4.78, 5) is 25.6. The number of carbonyl (C=O) groups excluding carboxylic acids is 2. The number of hydrogen-bond donors (Lipinski definition) is 2. The van der Waals surface area contributed by atoms with Gasteiger partial charge < -0.3 is 15.2 Å². The molecule has 0 bridgehead atoms. The fourth-order valence-electron chi connectivity index (χ4n) is 3.30. The van der Waals surface area contributed by atoms with Crippen molar-refractivity contribution in [1.29, 1.82) is 0 Å². The Morgan fingerprint density at radius 3 is 2.41 bits per heavy atom. The van der Waals surface area contributed by atoms with Crippen molar-refractivity contribution in [2.75, 3.05) is 5.32 Å². The predicted octanol–water partition coefficient (Wildman–Crippen LogP) is 5.85. The molecule has 0 aliphatic heterocycles. The maximum absolute atomic E-state index is 12.8. The summed E-state index contributed by atoms with van der Waals surface area (Å²) in [5.41, 5.74) is 1.03. The maximum Gasteiger partial charge on any atom is 0.251 e. The molecule has 2 N–H and O–H groups in total. The lowest BCUT2D eigenvalue weighted by Gasteiger charge is -2.22. The van der Waals surface area contributed by atoms with Crippen LogP contribution in [0.1, 0.15) is 49.9 Å². The molecule has 7 nitrogen and oxygen atoms in total. The van der Waals surface area contributed by atoms with E-state index in [0.717, 1.165) is 0 Å². The minimum atomic E-state index is -0.478. The lowest BCUT2D eigenvalue weighted by atomic mass is 10.0. The Labute approximate surface area is 213 Å². The minimum absolute atomic E-state index is 0.0747. The van der Waals surface area contributed by atoms with Gasteiger partial charge in [0.1, 0.15) is 0 Å². The molecule has 0 fully saturated rings. The molecule has 0 aliphatic carbocycles. The zero-order valence-electron chi connectivity index (χ0n) is 19.4. The summed E-state index contributed by atoms with van der Waals surface area (Å²) in [6, 6.07) is 13.6. The number of benzene rings is 2. The third-order valence-corrected chi connectivity index (χ3v) is 6.81. The van der Waals surface area contributed by atoms with Gasteiger partial charge in [0.2, 0.25) is 5.91 Å². The number of halogens is 2. The van der Waals surface area contributed by atoms with Gasteiger partial charge in [-0.2, -0.15) is 0 Å². The summed E-state index contributed by atoms with van der Waals surface area (Å²) >= 11 is 13.5. The monoisotopic (exact) mass is 519 g/mol. The van der Waals surface area contributed by atoms with Crippen LogP contribution in [0.4, 0.5) is 5.69 Å². The van der Waals surface area contributed by atoms with Crippen molar-refractivity contribution in [3.63, 3.8) is 0 Å². The van der Waals surface area contributed by atoms with E-state index in [9.17, 15) is 9.59 Å². The van der Waals surface area contributed by atoms with Gasteiger partial charge in [-0.15, -0.1) is 10.2 Å². The van der Waals surface area contributed by atoms with Crippen LogP contribution in [-0.2, 0) is 11.3 Å². The van der Waals surface area contributed by atoms with E-state index >= 15 is 0 Å². The summed E-state index contributed by atoms with van der Waals surface area (Å²) < 4.78 is 1.93. The van der Waals surface area contributed by atoms with E-state index in [1.165, 1.54) is 11.8 Å². The van der Waals surface area contributed by atoms with Crippen molar-refractivity contribution in [3.8, 4) is 0 Å². The van der Waals surface area contributed by atoms with Crippen LogP contribution in [0, 0.1) is 5.92 Å². The van der Waals surface area contributed by atoms with E-state index in [1.807, 2.05) is 43.5 Å². The van der Waals surface area contributed by atoms with Gasteiger partial charge in [0.15, 0.2) is 11.0 Å². The fourth-order valence-corrected chi connectivity index (χ4v) is 4.55.